The number of hydrogen-bond donors (Lipinski definition) is 0. The van der Waals surface area contributed by atoms with Crippen LogP contribution in [0.1, 0.15) is 33.1 Å². The van der Waals surface area contributed by atoms with Crippen molar-refractivity contribution in [2.24, 2.45) is 0 Å². The fourth-order valence-corrected chi connectivity index (χ4v) is 1.51. The molecule has 0 aliphatic rings. The van der Waals surface area contributed by atoms with Crippen LogP contribution in [0.3, 0.4) is 0 Å². The van der Waals surface area contributed by atoms with E-state index in [2.05, 4.69) is 13.8 Å². The second-order valence-electron chi connectivity index (χ2n) is 3.69. The van der Waals surface area contributed by atoms with E-state index < -0.39 is 4.92 Å². The molecule has 0 fully saturated rings. The van der Waals surface area contributed by atoms with Gasteiger partial charge in [0.2, 0.25) is 0 Å². The monoisotopic (exact) mass is 223 g/mol. The molecule has 0 N–H and O–H groups in total. The van der Waals surface area contributed by atoms with Gasteiger partial charge in [0.1, 0.15) is 5.75 Å². The summed E-state index contributed by atoms with van der Waals surface area (Å²) >= 11 is 0. The lowest BCUT2D eigenvalue weighted by atomic mass is 10.1. The number of nitrogens with zero attached hydrogens (tertiary/aromatic N) is 1. The van der Waals surface area contributed by atoms with Crippen molar-refractivity contribution < 1.29 is 9.66 Å². The van der Waals surface area contributed by atoms with Crippen molar-refractivity contribution in [3.8, 4) is 5.75 Å². The van der Waals surface area contributed by atoms with Crippen molar-refractivity contribution in [1.82, 2.24) is 0 Å². The minimum Gasteiger partial charge on any atom is -0.490 e. The lowest BCUT2D eigenvalue weighted by Crippen LogP contribution is -2.14. The molecule has 1 aromatic carbocycles. The molecule has 1 aromatic rings. The average molecular weight is 223 g/mol. The topological polar surface area (TPSA) is 52.4 Å². The summed E-state index contributed by atoms with van der Waals surface area (Å²) in [7, 11) is 0. The first kappa shape index (κ1) is 12.5. The summed E-state index contributed by atoms with van der Waals surface area (Å²) in [5.41, 5.74) is 0.0934. The summed E-state index contributed by atoms with van der Waals surface area (Å²) in [6.07, 6.45) is 3.23. The van der Waals surface area contributed by atoms with Crippen molar-refractivity contribution in [2.45, 2.75) is 39.2 Å². The van der Waals surface area contributed by atoms with Crippen molar-refractivity contribution in [2.75, 3.05) is 0 Å². The van der Waals surface area contributed by atoms with Gasteiger partial charge >= 0.3 is 0 Å². The summed E-state index contributed by atoms with van der Waals surface area (Å²) in [4.78, 5) is 10.0. The quantitative estimate of drug-likeness (QED) is 0.547. The highest BCUT2D eigenvalue weighted by molar-refractivity contribution is 5.36. The number of nitro groups is 1. The normalized spacial score (nSPS) is 12.1. The third-order valence-electron chi connectivity index (χ3n) is 2.42. The molecular weight excluding hydrogens is 206 g/mol. The number of ether oxygens (including phenoxy) is 1. The SMILES string of the molecule is CCCC(CC)Oc1ccc([N+](=O)[O-])cc1. The zero-order valence-corrected chi connectivity index (χ0v) is 9.68. The van der Waals surface area contributed by atoms with Crippen LogP contribution in [0.15, 0.2) is 24.3 Å². The predicted molar refractivity (Wildman–Crippen MR) is 62.7 cm³/mol. The first-order chi connectivity index (χ1) is 7.67. The van der Waals surface area contributed by atoms with Gasteiger partial charge in [-0.15, -0.1) is 0 Å². The van der Waals surface area contributed by atoms with Crippen LogP contribution in [0.4, 0.5) is 5.69 Å². The van der Waals surface area contributed by atoms with Gasteiger partial charge in [-0.05, 0) is 25.0 Å². The molecule has 16 heavy (non-hydrogen) atoms. The highest BCUT2D eigenvalue weighted by Crippen LogP contribution is 2.20. The summed E-state index contributed by atoms with van der Waals surface area (Å²) in [5.74, 6) is 0.700. The van der Waals surface area contributed by atoms with Gasteiger partial charge in [-0.2, -0.15) is 0 Å². The summed E-state index contributed by atoms with van der Waals surface area (Å²) in [5, 5.41) is 10.5. The van der Waals surface area contributed by atoms with Crippen molar-refractivity contribution in [3.63, 3.8) is 0 Å². The molecule has 0 amide bonds. The lowest BCUT2D eigenvalue weighted by Gasteiger charge is -2.16. The van der Waals surface area contributed by atoms with E-state index in [9.17, 15) is 10.1 Å². The molecule has 4 heteroatoms. The van der Waals surface area contributed by atoms with Crippen LogP contribution in [-0.2, 0) is 0 Å². The fraction of sp³-hybridized carbons (Fsp3) is 0.500. The number of hydrogen-bond acceptors (Lipinski definition) is 3. The summed E-state index contributed by atoms with van der Waals surface area (Å²) in [6, 6.07) is 6.23. The minimum atomic E-state index is -0.410. The molecule has 0 aliphatic heterocycles. The Morgan fingerprint density at radius 2 is 1.94 bits per heavy atom. The summed E-state index contributed by atoms with van der Waals surface area (Å²) in [6.45, 7) is 4.19. The van der Waals surface area contributed by atoms with Gasteiger partial charge in [-0.1, -0.05) is 20.3 Å². The second-order valence-corrected chi connectivity index (χ2v) is 3.69. The van der Waals surface area contributed by atoms with E-state index in [4.69, 9.17) is 4.74 Å². The number of rotatable bonds is 6. The summed E-state index contributed by atoms with van der Waals surface area (Å²) < 4.78 is 5.72. The van der Waals surface area contributed by atoms with E-state index in [1.807, 2.05) is 0 Å². The van der Waals surface area contributed by atoms with E-state index in [-0.39, 0.29) is 11.8 Å². The van der Waals surface area contributed by atoms with Crippen LogP contribution in [0.5, 0.6) is 5.75 Å². The molecule has 88 valence electrons. The second kappa shape index (κ2) is 6.10. The Kier molecular flexibility index (Phi) is 4.76. The standard InChI is InChI=1S/C12H17NO3/c1-3-5-11(4-2)16-12-8-6-10(7-9-12)13(14)15/h6-9,11H,3-5H2,1-2H3. The van der Waals surface area contributed by atoms with Crippen LogP contribution < -0.4 is 4.74 Å². The third kappa shape index (κ3) is 3.53. The number of benzene rings is 1. The number of nitro benzene ring substituents is 1. The Labute approximate surface area is 95.4 Å². The molecule has 4 nitrogen and oxygen atoms in total. The van der Waals surface area contributed by atoms with Crippen molar-refractivity contribution in [1.29, 1.82) is 0 Å². The minimum absolute atomic E-state index is 0.0934. The van der Waals surface area contributed by atoms with Crippen LogP contribution in [-0.4, -0.2) is 11.0 Å². The van der Waals surface area contributed by atoms with Crippen LogP contribution in [0.2, 0.25) is 0 Å². The highest BCUT2D eigenvalue weighted by atomic mass is 16.6. The highest BCUT2D eigenvalue weighted by Gasteiger charge is 2.08. The third-order valence-corrected chi connectivity index (χ3v) is 2.42. The van der Waals surface area contributed by atoms with Crippen LogP contribution >= 0.6 is 0 Å². The molecule has 0 bridgehead atoms. The first-order valence-corrected chi connectivity index (χ1v) is 5.58. The predicted octanol–water partition coefficient (Wildman–Crippen LogP) is 3.55. The van der Waals surface area contributed by atoms with E-state index >= 15 is 0 Å². The Bertz CT molecular complexity index is 335. The van der Waals surface area contributed by atoms with E-state index in [1.54, 1.807) is 12.1 Å². The Hall–Kier alpha value is -1.58. The van der Waals surface area contributed by atoms with E-state index in [0.717, 1.165) is 19.3 Å². The zero-order valence-electron chi connectivity index (χ0n) is 9.68. The van der Waals surface area contributed by atoms with Crippen LogP contribution in [0.25, 0.3) is 0 Å². The van der Waals surface area contributed by atoms with Gasteiger partial charge in [0.05, 0.1) is 11.0 Å². The maximum atomic E-state index is 10.5. The van der Waals surface area contributed by atoms with Gasteiger partial charge in [0.15, 0.2) is 0 Å². The van der Waals surface area contributed by atoms with Gasteiger partial charge in [0, 0.05) is 12.1 Å². The van der Waals surface area contributed by atoms with Crippen molar-refractivity contribution in [3.05, 3.63) is 34.4 Å². The van der Waals surface area contributed by atoms with E-state index in [0.29, 0.717) is 5.75 Å². The molecule has 0 aliphatic carbocycles. The molecule has 1 rings (SSSR count). The zero-order chi connectivity index (χ0) is 12.0. The molecule has 1 atom stereocenters. The van der Waals surface area contributed by atoms with Crippen molar-refractivity contribution >= 4 is 5.69 Å². The maximum Gasteiger partial charge on any atom is 0.269 e. The van der Waals surface area contributed by atoms with Gasteiger partial charge in [0.25, 0.3) is 5.69 Å². The molecule has 0 saturated heterocycles. The van der Waals surface area contributed by atoms with Gasteiger partial charge < -0.3 is 4.74 Å². The smallest absolute Gasteiger partial charge is 0.269 e. The van der Waals surface area contributed by atoms with Gasteiger partial charge in [-0.25, -0.2) is 0 Å². The number of non-ortho nitro benzene ring substituents is 1. The Morgan fingerprint density at radius 3 is 2.38 bits per heavy atom. The average Bonchev–Trinajstić information content (AvgIpc) is 2.29. The molecule has 1 unspecified atom stereocenters. The lowest BCUT2D eigenvalue weighted by molar-refractivity contribution is -0.384. The van der Waals surface area contributed by atoms with Crippen LogP contribution in [0, 0.1) is 10.1 Å². The molecule has 0 saturated carbocycles. The molecule has 0 spiro atoms. The molecule has 0 radical (unpaired) electrons. The molecule has 0 heterocycles. The molecular formula is C12H17NO3. The fourth-order valence-electron chi connectivity index (χ4n) is 1.51. The first-order valence-electron chi connectivity index (χ1n) is 5.58. The Morgan fingerprint density at radius 1 is 1.31 bits per heavy atom. The Balaban J connectivity index is 2.63. The van der Waals surface area contributed by atoms with Gasteiger partial charge in [-0.3, -0.25) is 10.1 Å². The maximum absolute atomic E-state index is 10.5. The molecule has 0 aromatic heterocycles. The largest absolute Gasteiger partial charge is 0.490 e. The van der Waals surface area contributed by atoms with E-state index in [1.165, 1.54) is 12.1 Å².